The summed E-state index contributed by atoms with van der Waals surface area (Å²) in [6, 6.07) is 9.08. The monoisotopic (exact) mass is 443 g/mol. The molecule has 0 saturated heterocycles. The third kappa shape index (κ3) is 3.41. The highest BCUT2D eigenvalue weighted by atomic mass is 16.3. The highest BCUT2D eigenvalue weighted by Gasteiger charge is 2.62. The van der Waals surface area contributed by atoms with E-state index in [2.05, 4.69) is 61.9 Å². The van der Waals surface area contributed by atoms with Crippen molar-refractivity contribution in [2.24, 2.45) is 17.3 Å². The fraction of sp³-hybridized carbons (Fsp3) is 0.567. The molecule has 33 heavy (non-hydrogen) atoms. The van der Waals surface area contributed by atoms with Crippen LogP contribution in [0.1, 0.15) is 77.2 Å². The molecular weight excluding hydrogens is 406 g/mol. The first-order chi connectivity index (χ1) is 15.8. The third-order valence-electron chi connectivity index (χ3n) is 9.43. The molecule has 1 aromatic carbocycles. The van der Waals surface area contributed by atoms with Gasteiger partial charge in [0.1, 0.15) is 5.60 Å². The number of allylic oxidation sites excluding steroid dienone is 4. The summed E-state index contributed by atoms with van der Waals surface area (Å²) in [5, 5.41) is 11.8. The lowest BCUT2D eigenvalue weighted by molar-refractivity contribution is -0.114. The van der Waals surface area contributed by atoms with E-state index >= 15 is 0 Å². The summed E-state index contributed by atoms with van der Waals surface area (Å²) < 4.78 is 0. The Labute approximate surface area is 199 Å². The van der Waals surface area contributed by atoms with Gasteiger partial charge in [-0.2, -0.15) is 0 Å². The molecule has 5 atom stereocenters. The van der Waals surface area contributed by atoms with Gasteiger partial charge in [-0.15, -0.1) is 5.92 Å². The fourth-order valence-electron chi connectivity index (χ4n) is 7.52. The van der Waals surface area contributed by atoms with Crippen LogP contribution in [-0.4, -0.2) is 30.1 Å². The molecule has 0 radical (unpaired) electrons. The van der Waals surface area contributed by atoms with Crippen LogP contribution in [-0.2, 0) is 4.79 Å². The topological polar surface area (TPSA) is 40.5 Å². The van der Waals surface area contributed by atoms with E-state index in [9.17, 15) is 9.90 Å². The van der Waals surface area contributed by atoms with Gasteiger partial charge in [0.25, 0.3) is 0 Å². The summed E-state index contributed by atoms with van der Waals surface area (Å²) in [7, 11) is 2.13. The summed E-state index contributed by atoms with van der Waals surface area (Å²) in [5.74, 6) is 7.77. The number of carbonyl (C=O) groups excluding carboxylic acids is 1. The van der Waals surface area contributed by atoms with Crippen molar-refractivity contribution in [3.63, 3.8) is 0 Å². The summed E-state index contributed by atoms with van der Waals surface area (Å²) in [6.07, 6.45) is 8.24. The van der Waals surface area contributed by atoms with Crippen LogP contribution in [0.4, 0.5) is 5.69 Å². The van der Waals surface area contributed by atoms with Crippen LogP contribution in [0.15, 0.2) is 47.1 Å². The molecule has 0 heterocycles. The smallest absolute Gasteiger partial charge is 0.156 e. The predicted molar refractivity (Wildman–Crippen MR) is 134 cm³/mol. The average Bonchev–Trinajstić information content (AvgIpc) is 3.08. The van der Waals surface area contributed by atoms with E-state index in [1.165, 1.54) is 22.4 Å². The Hall–Kier alpha value is -2.31. The number of ketones is 1. The predicted octanol–water partition coefficient (Wildman–Crippen LogP) is 5.80. The lowest BCUT2D eigenvalue weighted by Gasteiger charge is -2.53. The summed E-state index contributed by atoms with van der Waals surface area (Å²) in [4.78, 5) is 14.5. The fourth-order valence-corrected chi connectivity index (χ4v) is 7.52. The van der Waals surface area contributed by atoms with Crippen LogP contribution >= 0.6 is 0 Å². The molecule has 0 spiro atoms. The van der Waals surface area contributed by atoms with Crippen molar-refractivity contribution in [2.45, 2.75) is 77.2 Å². The van der Waals surface area contributed by atoms with E-state index in [-0.39, 0.29) is 17.1 Å². The first-order valence-corrected chi connectivity index (χ1v) is 12.8. The Bertz CT molecular complexity index is 1080. The maximum absolute atomic E-state index is 12.2. The van der Waals surface area contributed by atoms with Gasteiger partial charge in [-0.1, -0.05) is 30.6 Å². The van der Waals surface area contributed by atoms with E-state index in [4.69, 9.17) is 0 Å². The number of anilines is 1. The quantitative estimate of drug-likeness (QED) is 0.601. The first-order valence-electron chi connectivity index (χ1n) is 12.8. The van der Waals surface area contributed by atoms with Crippen molar-refractivity contribution in [3.8, 4) is 11.8 Å². The molecule has 4 aliphatic carbocycles. The van der Waals surface area contributed by atoms with Crippen molar-refractivity contribution in [1.29, 1.82) is 0 Å². The second-order valence-electron chi connectivity index (χ2n) is 10.9. The van der Waals surface area contributed by atoms with Gasteiger partial charge in [-0.05, 0) is 99.1 Å². The molecule has 0 aliphatic heterocycles. The van der Waals surface area contributed by atoms with E-state index in [1.54, 1.807) is 5.57 Å². The Balaban J connectivity index is 1.65. The zero-order chi connectivity index (χ0) is 23.4. The SMILES string of the molecule is CC#C[C@]1(O)CC[C@H]2[C@@H]3CCC4=CC(=O)CCC4=C3[C@@H](c3ccc(N(C)CC)cc3)C[C@@]21C. The average molecular weight is 444 g/mol. The number of fused-ring (bicyclic) bond motifs is 4. The van der Waals surface area contributed by atoms with Crippen molar-refractivity contribution in [2.75, 3.05) is 18.5 Å². The molecule has 0 unspecified atom stereocenters. The Morgan fingerprint density at radius 3 is 2.61 bits per heavy atom. The molecule has 174 valence electrons. The molecule has 0 bridgehead atoms. The van der Waals surface area contributed by atoms with E-state index < -0.39 is 5.60 Å². The molecule has 1 N–H and O–H groups in total. The van der Waals surface area contributed by atoms with Crippen LogP contribution in [0, 0.1) is 29.1 Å². The molecule has 3 heteroatoms. The lowest BCUT2D eigenvalue weighted by Crippen LogP contribution is -2.51. The number of nitrogens with zero attached hydrogens (tertiary/aromatic N) is 1. The highest BCUT2D eigenvalue weighted by Crippen LogP contribution is 2.66. The number of hydrogen-bond donors (Lipinski definition) is 1. The van der Waals surface area contributed by atoms with Gasteiger partial charge >= 0.3 is 0 Å². The lowest BCUT2D eigenvalue weighted by atomic mass is 9.51. The molecule has 5 rings (SSSR count). The standard InChI is InChI=1S/C30H37NO2/c1-5-16-30(33)17-15-27-25-13-9-21-18-23(32)12-14-24(21)28(25)26(19-29(27,30)3)20-7-10-22(11-8-20)31(4)6-2/h7-8,10-11,18,25-27,33H,6,9,12-15,17,19H2,1-4H3/t25-,26+,27-,29-,30-/m0/s1. The molecule has 1 aromatic rings. The first kappa shape index (κ1) is 22.5. The zero-order valence-corrected chi connectivity index (χ0v) is 20.6. The molecule has 2 fully saturated rings. The van der Waals surface area contributed by atoms with Gasteiger partial charge in [-0.3, -0.25) is 4.79 Å². The number of hydrogen-bond acceptors (Lipinski definition) is 3. The maximum Gasteiger partial charge on any atom is 0.156 e. The number of aliphatic hydroxyl groups is 1. The van der Waals surface area contributed by atoms with Gasteiger partial charge in [-0.25, -0.2) is 0 Å². The van der Waals surface area contributed by atoms with Crippen LogP contribution in [0.25, 0.3) is 0 Å². The van der Waals surface area contributed by atoms with Gasteiger partial charge in [0, 0.05) is 37.0 Å². The van der Waals surface area contributed by atoms with Gasteiger partial charge < -0.3 is 10.0 Å². The van der Waals surface area contributed by atoms with E-state index in [0.717, 1.165) is 45.1 Å². The van der Waals surface area contributed by atoms with Crippen molar-refractivity contribution >= 4 is 11.5 Å². The Morgan fingerprint density at radius 2 is 1.91 bits per heavy atom. The molecule has 3 nitrogen and oxygen atoms in total. The van der Waals surface area contributed by atoms with Gasteiger partial charge in [0.05, 0.1) is 0 Å². The minimum Gasteiger partial charge on any atom is -0.377 e. The minimum absolute atomic E-state index is 0.222. The van der Waals surface area contributed by atoms with Gasteiger partial charge in [0.2, 0.25) is 0 Å². The maximum atomic E-state index is 12.2. The minimum atomic E-state index is -0.915. The Kier molecular flexibility index (Phi) is 5.57. The van der Waals surface area contributed by atoms with E-state index in [0.29, 0.717) is 18.3 Å². The second-order valence-corrected chi connectivity index (χ2v) is 10.9. The van der Waals surface area contributed by atoms with E-state index in [1.807, 2.05) is 13.0 Å². The van der Waals surface area contributed by atoms with Crippen molar-refractivity contribution < 1.29 is 9.90 Å². The molecular formula is C30H37NO2. The zero-order valence-electron chi connectivity index (χ0n) is 20.6. The number of carbonyl (C=O) groups is 1. The summed E-state index contributed by atoms with van der Waals surface area (Å²) >= 11 is 0. The summed E-state index contributed by atoms with van der Waals surface area (Å²) in [5.41, 5.74) is 5.76. The van der Waals surface area contributed by atoms with Crippen molar-refractivity contribution in [1.82, 2.24) is 0 Å². The van der Waals surface area contributed by atoms with Crippen LogP contribution in [0.2, 0.25) is 0 Å². The largest absolute Gasteiger partial charge is 0.377 e. The third-order valence-corrected chi connectivity index (χ3v) is 9.43. The Morgan fingerprint density at radius 1 is 1.15 bits per heavy atom. The van der Waals surface area contributed by atoms with Crippen LogP contribution in [0.5, 0.6) is 0 Å². The summed E-state index contributed by atoms with van der Waals surface area (Å²) in [6.45, 7) is 7.30. The molecule has 0 amide bonds. The van der Waals surface area contributed by atoms with Crippen LogP contribution in [0.3, 0.4) is 0 Å². The molecule has 4 aliphatic rings. The highest BCUT2D eigenvalue weighted by molar-refractivity contribution is 5.93. The normalized spacial score (nSPS) is 35.1. The molecule has 2 saturated carbocycles. The molecule has 0 aromatic heterocycles. The second kappa shape index (κ2) is 8.17. The van der Waals surface area contributed by atoms with Gasteiger partial charge in [0.15, 0.2) is 5.78 Å². The van der Waals surface area contributed by atoms with Crippen molar-refractivity contribution in [3.05, 3.63) is 52.6 Å². The number of benzene rings is 1. The number of rotatable bonds is 3. The van der Waals surface area contributed by atoms with Crippen LogP contribution < -0.4 is 4.90 Å².